The van der Waals surface area contributed by atoms with E-state index in [1.807, 2.05) is 0 Å². The van der Waals surface area contributed by atoms with Crippen LogP contribution in [0.1, 0.15) is 66.2 Å². The van der Waals surface area contributed by atoms with E-state index in [0.717, 1.165) is 38.4 Å². The first-order valence-electron chi connectivity index (χ1n) is 12.5. The lowest BCUT2D eigenvalue weighted by atomic mass is 9.88. The van der Waals surface area contributed by atoms with Crippen LogP contribution >= 0.6 is 0 Å². The first-order chi connectivity index (χ1) is 16.3. The molecule has 4 aromatic rings. The van der Waals surface area contributed by atoms with Crippen LogP contribution in [0.4, 0.5) is 0 Å². The fraction of sp³-hybridized carbons (Fsp3) is 0.379. The molecule has 3 heterocycles. The van der Waals surface area contributed by atoms with Crippen molar-refractivity contribution >= 4 is 10.9 Å². The first kappa shape index (κ1) is 20.6. The molecule has 1 aliphatic carbocycles. The van der Waals surface area contributed by atoms with E-state index in [-0.39, 0.29) is 0 Å². The van der Waals surface area contributed by atoms with Crippen LogP contribution in [0, 0.1) is 0 Å². The fourth-order valence-electron chi connectivity index (χ4n) is 5.67. The zero-order chi connectivity index (χ0) is 22.0. The van der Waals surface area contributed by atoms with Crippen LogP contribution in [0.3, 0.4) is 0 Å². The number of rotatable bonds is 5. The van der Waals surface area contributed by atoms with E-state index in [1.54, 1.807) is 0 Å². The Hall–Kier alpha value is -2.98. The topological polar surface area (TPSA) is 34.0 Å². The molecule has 1 saturated carbocycles. The van der Waals surface area contributed by atoms with Crippen LogP contribution in [0.25, 0.3) is 10.9 Å². The van der Waals surface area contributed by atoms with Gasteiger partial charge in [0.2, 0.25) is 0 Å². The zero-order valence-corrected chi connectivity index (χ0v) is 19.3. The predicted molar refractivity (Wildman–Crippen MR) is 133 cm³/mol. The summed E-state index contributed by atoms with van der Waals surface area (Å²) in [5.74, 6) is 1.66. The van der Waals surface area contributed by atoms with Crippen molar-refractivity contribution < 1.29 is 0 Å². The highest BCUT2D eigenvalue weighted by molar-refractivity contribution is 5.84. The summed E-state index contributed by atoms with van der Waals surface area (Å²) in [4.78, 5) is 12.4. The maximum Gasteiger partial charge on any atom is 0.131 e. The number of aromatic nitrogens is 3. The maximum absolute atomic E-state index is 5.09. The van der Waals surface area contributed by atoms with E-state index >= 15 is 0 Å². The molecular formula is C29H32N4. The van der Waals surface area contributed by atoms with E-state index < -0.39 is 0 Å². The highest BCUT2D eigenvalue weighted by Crippen LogP contribution is 2.32. The van der Waals surface area contributed by atoms with Gasteiger partial charge in [-0.1, -0.05) is 67.8 Å². The van der Waals surface area contributed by atoms with Crippen LogP contribution in [-0.2, 0) is 26.1 Å². The number of para-hydroxylation sites is 1. The highest BCUT2D eigenvalue weighted by Gasteiger charge is 2.23. The predicted octanol–water partition coefficient (Wildman–Crippen LogP) is 6.09. The van der Waals surface area contributed by atoms with Crippen LogP contribution in [0.15, 0.2) is 67.0 Å². The fourth-order valence-corrected chi connectivity index (χ4v) is 5.67. The van der Waals surface area contributed by atoms with Crippen LogP contribution < -0.4 is 0 Å². The zero-order valence-electron chi connectivity index (χ0n) is 19.3. The number of hydrogen-bond donors (Lipinski definition) is 0. The molecule has 4 heteroatoms. The lowest BCUT2D eigenvalue weighted by Crippen LogP contribution is -2.31. The van der Waals surface area contributed by atoms with Gasteiger partial charge in [0.1, 0.15) is 5.82 Å². The Bertz CT molecular complexity index is 1240. The lowest BCUT2D eigenvalue weighted by molar-refractivity contribution is 0.241. The second-order valence-corrected chi connectivity index (χ2v) is 9.78. The summed E-state index contributed by atoms with van der Waals surface area (Å²) in [6.07, 6.45) is 12.0. The molecule has 0 spiro atoms. The Morgan fingerprint density at radius 1 is 0.879 bits per heavy atom. The largest absolute Gasteiger partial charge is 0.343 e. The molecule has 0 atom stereocenters. The van der Waals surface area contributed by atoms with Gasteiger partial charge in [-0.15, -0.1) is 0 Å². The average molecular weight is 437 g/mol. The van der Waals surface area contributed by atoms with Gasteiger partial charge in [0.25, 0.3) is 0 Å². The second kappa shape index (κ2) is 9.11. The van der Waals surface area contributed by atoms with Crippen LogP contribution in [0.2, 0.25) is 0 Å². The Kier molecular flexibility index (Phi) is 5.69. The Balaban J connectivity index is 1.24. The standard InChI is InChI=1S/C29H32N4/c1-3-9-22(10-4-1)18-33-20-25(26-13-7-8-14-28(26)33)19-32-16-15-24-17-30-29(31-27(24)21-32)23-11-5-2-6-12-23/h1,3-4,7-10,13-14,17,20,23H,2,5-6,11-12,15-16,18-19,21H2. The minimum Gasteiger partial charge on any atom is -0.343 e. The molecule has 0 saturated heterocycles. The number of hydrogen-bond acceptors (Lipinski definition) is 3. The van der Waals surface area contributed by atoms with Gasteiger partial charge in [0.15, 0.2) is 0 Å². The molecule has 6 rings (SSSR count). The minimum atomic E-state index is 0.565. The summed E-state index contributed by atoms with van der Waals surface area (Å²) in [6, 6.07) is 19.6. The molecule has 1 fully saturated rings. The van der Waals surface area contributed by atoms with Gasteiger partial charge in [-0.2, -0.15) is 0 Å². The third-order valence-electron chi connectivity index (χ3n) is 7.47. The highest BCUT2D eigenvalue weighted by atomic mass is 15.1. The normalized spacial score (nSPS) is 17.3. The summed E-state index contributed by atoms with van der Waals surface area (Å²) in [5.41, 5.74) is 6.66. The Morgan fingerprint density at radius 2 is 1.70 bits per heavy atom. The maximum atomic E-state index is 5.09. The van der Waals surface area contributed by atoms with Crippen LogP contribution in [-0.4, -0.2) is 26.0 Å². The van der Waals surface area contributed by atoms with E-state index in [1.165, 1.54) is 65.4 Å². The molecule has 0 radical (unpaired) electrons. The quantitative estimate of drug-likeness (QED) is 0.380. The van der Waals surface area contributed by atoms with Crippen molar-refractivity contribution in [3.05, 3.63) is 95.2 Å². The molecular weight excluding hydrogens is 404 g/mol. The van der Waals surface area contributed by atoms with Gasteiger partial charge in [0.05, 0.1) is 5.69 Å². The van der Waals surface area contributed by atoms with Gasteiger partial charge in [-0.3, -0.25) is 4.90 Å². The van der Waals surface area contributed by atoms with Gasteiger partial charge in [-0.25, -0.2) is 9.97 Å². The number of nitrogens with zero attached hydrogens (tertiary/aromatic N) is 4. The molecule has 33 heavy (non-hydrogen) atoms. The van der Waals surface area contributed by atoms with E-state index in [4.69, 9.17) is 9.97 Å². The Labute approximate surface area is 196 Å². The third kappa shape index (κ3) is 4.32. The van der Waals surface area contributed by atoms with Crippen molar-refractivity contribution in [2.24, 2.45) is 0 Å². The van der Waals surface area contributed by atoms with E-state index in [0.29, 0.717) is 5.92 Å². The van der Waals surface area contributed by atoms with Crippen molar-refractivity contribution in [2.75, 3.05) is 6.54 Å². The molecule has 2 aliphatic rings. The van der Waals surface area contributed by atoms with Gasteiger partial charge < -0.3 is 4.57 Å². The summed E-state index contributed by atoms with van der Waals surface area (Å²) in [7, 11) is 0. The number of fused-ring (bicyclic) bond motifs is 2. The smallest absolute Gasteiger partial charge is 0.131 e. The minimum absolute atomic E-state index is 0.565. The molecule has 4 nitrogen and oxygen atoms in total. The van der Waals surface area contributed by atoms with Crippen molar-refractivity contribution in [3.63, 3.8) is 0 Å². The van der Waals surface area contributed by atoms with E-state index in [2.05, 4.69) is 76.5 Å². The summed E-state index contributed by atoms with van der Waals surface area (Å²) in [6.45, 7) is 3.86. The molecule has 1 aliphatic heterocycles. The molecule has 168 valence electrons. The monoisotopic (exact) mass is 436 g/mol. The molecule has 2 aromatic heterocycles. The summed E-state index contributed by atoms with van der Waals surface area (Å²) in [5, 5.41) is 1.37. The van der Waals surface area contributed by atoms with E-state index in [9.17, 15) is 0 Å². The van der Waals surface area contributed by atoms with Gasteiger partial charge >= 0.3 is 0 Å². The second-order valence-electron chi connectivity index (χ2n) is 9.78. The van der Waals surface area contributed by atoms with Crippen molar-refractivity contribution in [1.29, 1.82) is 0 Å². The summed E-state index contributed by atoms with van der Waals surface area (Å²) >= 11 is 0. The molecule has 0 amide bonds. The third-order valence-corrected chi connectivity index (χ3v) is 7.47. The SMILES string of the molecule is c1ccc(Cn2cc(CN3CCc4cnc(C5CCCCC5)nc4C3)c3ccccc32)cc1. The molecule has 2 aromatic carbocycles. The van der Waals surface area contributed by atoms with Gasteiger partial charge in [-0.05, 0) is 42.0 Å². The van der Waals surface area contributed by atoms with Crippen molar-refractivity contribution in [1.82, 2.24) is 19.4 Å². The average Bonchev–Trinajstić information content (AvgIpc) is 3.21. The Morgan fingerprint density at radius 3 is 2.58 bits per heavy atom. The van der Waals surface area contributed by atoms with Gasteiger partial charge in [0, 0.05) is 55.4 Å². The number of benzene rings is 2. The molecule has 0 N–H and O–H groups in total. The van der Waals surface area contributed by atoms with Crippen molar-refractivity contribution in [3.8, 4) is 0 Å². The molecule has 0 bridgehead atoms. The lowest BCUT2D eigenvalue weighted by Gasteiger charge is -2.29. The first-order valence-corrected chi connectivity index (χ1v) is 12.5. The van der Waals surface area contributed by atoms with Crippen molar-refractivity contribution in [2.45, 2.75) is 64.1 Å². The van der Waals surface area contributed by atoms with Crippen LogP contribution in [0.5, 0.6) is 0 Å². The summed E-state index contributed by atoms with van der Waals surface area (Å²) < 4.78 is 2.40. The molecule has 0 unspecified atom stereocenters.